The van der Waals surface area contributed by atoms with Crippen molar-refractivity contribution in [1.82, 2.24) is 19.7 Å². The maximum absolute atomic E-state index is 5.11. The van der Waals surface area contributed by atoms with Crippen LogP contribution in [-0.2, 0) is 13.6 Å². The largest absolute Gasteiger partial charge is 0.480 e. The molecule has 0 aliphatic carbocycles. The Morgan fingerprint density at radius 2 is 2.22 bits per heavy atom. The van der Waals surface area contributed by atoms with Crippen molar-refractivity contribution in [3.8, 4) is 5.88 Å². The van der Waals surface area contributed by atoms with Gasteiger partial charge in [0.1, 0.15) is 0 Å². The molecule has 7 heteroatoms. The Bertz CT molecular complexity index is 554. The molecule has 2 rings (SSSR count). The van der Waals surface area contributed by atoms with Gasteiger partial charge in [0, 0.05) is 24.8 Å². The molecule has 0 saturated carbocycles. The van der Waals surface area contributed by atoms with Crippen molar-refractivity contribution < 1.29 is 4.74 Å². The Morgan fingerprint density at radius 3 is 2.83 bits per heavy atom. The van der Waals surface area contributed by atoms with Gasteiger partial charge in [-0.3, -0.25) is 4.68 Å². The van der Waals surface area contributed by atoms with Gasteiger partial charge in [-0.05, 0) is 22.9 Å². The number of aryl methyl sites for hydroxylation is 1. The van der Waals surface area contributed by atoms with Crippen LogP contribution < -0.4 is 10.1 Å². The molecule has 2 aromatic heterocycles. The predicted octanol–water partition coefficient (Wildman–Crippen LogP) is 1.90. The highest BCUT2D eigenvalue weighted by Gasteiger charge is 2.07. The molecular weight excluding hydrogens is 298 g/mol. The van der Waals surface area contributed by atoms with E-state index in [1.54, 1.807) is 13.3 Å². The molecule has 6 nitrogen and oxygen atoms in total. The average Bonchev–Trinajstić information content (AvgIpc) is 2.69. The van der Waals surface area contributed by atoms with Gasteiger partial charge in [0.05, 0.1) is 24.0 Å². The van der Waals surface area contributed by atoms with Crippen molar-refractivity contribution in [3.05, 3.63) is 28.1 Å². The number of nitrogens with zero attached hydrogens (tertiary/aromatic N) is 4. The second-order valence-corrected chi connectivity index (χ2v) is 4.64. The van der Waals surface area contributed by atoms with Crippen molar-refractivity contribution in [2.45, 2.75) is 13.5 Å². The van der Waals surface area contributed by atoms with E-state index in [4.69, 9.17) is 4.74 Å². The van der Waals surface area contributed by atoms with Gasteiger partial charge in [-0.1, -0.05) is 0 Å². The van der Waals surface area contributed by atoms with E-state index in [0.29, 0.717) is 18.4 Å². The van der Waals surface area contributed by atoms with E-state index in [1.807, 2.05) is 24.9 Å². The van der Waals surface area contributed by atoms with Crippen molar-refractivity contribution in [1.29, 1.82) is 0 Å². The molecule has 0 aliphatic rings. The zero-order valence-corrected chi connectivity index (χ0v) is 12.0. The normalized spacial score (nSPS) is 10.4. The van der Waals surface area contributed by atoms with E-state index in [0.717, 1.165) is 15.7 Å². The molecule has 0 fully saturated rings. The molecule has 0 radical (unpaired) electrons. The van der Waals surface area contributed by atoms with Crippen LogP contribution in [-0.4, -0.2) is 26.9 Å². The van der Waals surface area contributed by atoms with Crippen LogP contribution in [0.3, 0.4) is 0 Å². The summed E-state index contributed by atoms with van der Waals surface area (Å²) in [6.45, 7) is 2.65. The topological polar surface area (TPSA) is 64.9 Å². The molecule has 96 valence electrons. The summed E-state index contributed by atoms with van der Waals surface area (Å²) in [6, 6.07) is 0. The van der Waals surface area contributed by atoms with Crippen molar-refractivity contribution in [3.63, 3.8) is 0 Å². The lowest BCUT2D eigenvalue weighted by molar-refractivity contribution is 0.394. The molecule has 0 atom stereocenters. The number of halogens is 1. The fraction of sp³-hybridized carbons (Fsp3) is 0.364. The van der Waals surface area contributed by atoms with Crippen LogP contribution in [0.2, 0.25) is 0 Å². The quantitative estimate of drug-likeness (QED) is 0.934. The van der Waals surface area contributed by atoms with Crippen LogP contribution in [0.4, 0.5) is 5.95 Å². The second kappa shape index (κ2) is 5.34. The zero-order chi connectivity index (χ0) is 13.1. The lowest BCUT2D eigenvalue weighted by Crippen LogP contribution is -2.05. The average molecular weight is 312 g/mol. The third-order valence-corrected chi connectivity index (χ3v) is 3.22. The number of aromatic nitrogens is 4. The molecule has 18 heavy (non-hydrogen) atoms. The SMILES string of the molecule is COc1nc(NCc2cnn(C)c2C)ncc1Br. The molecule has 0 spiro atoms. The van der Waals surface area contributed by atoms with Gasteiger partial charge in [0.2, 0.25) is 11.8 Å². The van der Waals surface area contributed by atoms with Gasteiger partial charge in [-0.2, -0.15) is 10.1 Å². The molecule has 0 bridgehead atoms. The fourth-order valence-electron chi connectivity index (χ4n) is 1.47. The molecule has 2 heterocycles. The highest BCUT2D eigenvalue weighted by molar-refractivity contribution is 9.10. The van der Waals surface area contributed by atoms with E-state index in [-0.39, 0.29) is 0 Å². The maximum atomic E-state index is 5.11. The minimum atomic E-state index is 0.510. The van der Waals surface area contributed by atoms with Crippen LogP contribution in [0, 0.1) is 6.92 Å². The lowest BCUT2D eigenvalue weighted by atomic mass is 10.2. The number of nitrogens with one attached hydrogen (secondary N) is 1. The van der Waals surface area contributed by atoms with Crippen molar-refractivity contribution >= 4 is 21.9 Å². The first-order chi connectivity index (χ1) is 8.61. The van der Waals surface area contributed by atoms with Crippen LogP contribution in [0.5, 0.6) is 5.88 Å². The van der Waals surface area contributed by atoms with Gasteiger partial charge in [-0.25, -0.2) is 4.98 Å². The van der Waals surface area contributed by atoms with Crippen molar-refractivity contribution in [2.24, 2.45) is 7.05 Å². The van der Waals surface area contributed by atoms with E-state index < -0.39 is 0 Å². The Kier molecular flexibility index (Phi) is 3.81. The summed E-state index contributed by atoms with van der Waals surface area (Å²) in [5, 5.41) is 7.32. The first-order valence-electron chi connectivity index (χ1n) is 5.39. The minimum absolute atomic E-state index is 0.510. The van der Waals surface area contributed by atoms with E-state index in [2.05, 4.69) is 36.3 Å². The van der Waals surface area contributed by atoms with Crippen LogP contribution in [0.25, 0.3) is 0 Å². The highest BCUT2D eigenvalue weighted by atomic mass is 79.9. The Balaban J connectivity index is 2.08. The van der Waals surface area contributed by atoms with Crippen LogP contribution >= 0.6 is 15.9 Å². The summed E-state index contributed by atoms with van der Waals surface area (Å²) in [5.41, 5.74) is 2.23. The third-order valence-electron chi connectivity index (χ3n) is 2.68. The predicted molar refractivity (Wildman–Crippen MR) is 71.6 cm³/mol. The minimum Gasteiger partial charge on any atom is -0.480 e. The maximum Gasteiger partial charge on any atom is 0.232 e. The number of hydrogen-bond donors (Lipinski definition) is 1. The Labute approximate surface area is 114 Å². The van der Waals surface area contributed by atoms with Gasteiger partial charge >= 0.3 is 0 Å². The summed E-state index contributed by atoms with van der Waals surface area (Å²) < 4.78 is 7.67. The molecule has 0 amide bonds. The van der Waals surface area contributed by atoms with Gasteiger partial charge in [-0.15, -0.1) is 0 Å². The summed E-state index contributed by atoms with van der Waals surface area (Å²) in [6.07, 6.45) is 3.49. The van der Waals surface area contributed by atoms with E-state index >= 15 is 0 Å². The van der Waals surface area contributed by atoms with E-state index in [9.17, 15) is 0 Å². The Morgan fingerprint density at radius 1 is 1.44 bits per heavy atom. The number of hydrogen-bond acceptors (Lipinski definition) is 5. The van der Waals surface area contributed by atoms with Gasteiger partial charge in [0.25, 0.3) is 0 Å². The smallest absolute Gasteiger partial charge is 0.232 e. The number of methoxy groups -OCH3 is 1. The van der Waals surface area contributed by atoms with Gasteiger partial charge in [0.15, 0.2) is 0 Å². The van der Waals surface area contributed by atoms with Crippen molar-refractivity contribution in [2.75, 3.05) is 12.4 Å². The first kappa shape index (κ1) is 12.8. The fourth-order valence-corrected chi connectivity index (χ4v) is 1.82. The number of anilines is 1. The molecule has 2 aromatic rings. The zero-order valence-electron chi connectivity index (χ0n) is 10.4. The molecule has 0 saturated heterocycles. The molecule has 0 aliphatic heterocycles. The highest BCUT2D eigenvalue weighted by Crippen LogP contribution is 2.22. The van der Waals surface area contributed by atoms with Crippen LogP contribution in [0.15, 0.2) is 16.9 Å². The Hall–Kier alpha value is -1.63. The number of ether oxygens (including phenoxy) is 1. The number of rotatable bonds is 4. The second-order valence-electron chi connectivity index (χ2n) is 3.78. The lowest BCUT2D eigenvalue weighted by Gasteiger charge is -2.07. The van der Waals surface area contributed by atoms with Gasteiger partial charge < -0.3 is 10.1 Å². The first-order valence-corrected chi connectivity index (χ1v) is 6.19. The standard InChI is InChI=1S/C11H14BrN5O/c1-7-8(5-15-17(7)2)4-13-11-14-6-9(12)10(16-11)18-3/h5-6H,4H2,1-3H3,(H,13,14,16). The summed E-state index contributed by atoms with van der Waals surface area (Å²) >= 11 is 3.31. The summed E-state index contributed by atoms with van der Waals surface area (Å²) in [4.78, 5) is 8.39. The van der Waals surface area contributed by atoms with E-state index in [1.165, 1.54) is 0 Å². The molecule has 0 aromatic carbocycles. The molecule has 1 N–H and O–H groups in total. The summed E-state index contributed by atoms with van der Waals surface area (Å²) in [5.74, 6) is 1.04. The van der Waals surface area contributed by atoms with Crippen LogP contribution in [0.1, 0.15) is 11.3 Å². The monoisotopic (exact) mass is 311 g/mol. The molecular formula is C11H14BrN5O. The molecule has 0 unspecified atom stereocenters. The third kappa shape index (κ3) is 2.61. The summed E-state index contributed by atoms with van der Waals surface area (Å²) in [7, 11) is 3.49.